The van der Waals surface area contributed by atoms with Crippen LogP contribution in [0.25, 0.3) is 0 Å². The Labute approximate surface area is 244 Å². The van der Waals surface area contributed by atoms with E-state index in [1.807, 2.05) is 30.3 Å². The summed E-state index contributed by atoms with van der Waals surface area (Å²) in [5.41, 5.74) is 1.00. The number of esters is 1. The molecule has 0 radical (unpaired) electrons. The number of carbonyl (C=O) groups is 3. The van der Waals surface area contributed by atoms with Crippen LogP contribution in [0.3, 0.4) is 0 Å². The molecule has 4 aliphatic carbocycles. The van der Waals surface area contributed by atoms with Gasteiger partial charge >= 0.3 is 18.2 Å². The summed E-state index contributed by atoms with van der Waals surface area (Å²) in [7, 11) is 3.13. The zero-order chi connectivity index (χ0) is 29.2. The van der Waals surface area contributed by atoms with E-state index in [9.17, 15) is 14.4 Å². The lowest BCUT2D eigenvalue weighted by Crippen LogP contribution is -2.55. The smallest absolute Gasteiger partial charge is 0.407 e. The van der Waals surface area contributed by atoms with Crippen molar-refractivity contribution in [1.29, 1.82) is 0 Å². The number of benzene rings is 1. The first kappa shape index (κ1) is 29.7. The zero-order valence-electron chi connectivity index (χ0n) is 25.2. The minimum absolute atomic E-state index is 0.00155. The van der Waals surface area contributed by atoms with E-state index in [0.29, 0.717) is 35.7 Å². The van der Waals surface area contributed by atoms with Crippen LogP contribution in [0.15, 0.2) is 30.3 Å². The monoisotopic (exact) mass is 568 g/mol. The molecule has 1 aromatic carbocycles. The molecule has 4 aliphatic rings. The van der Waals surface area contributed by atoms with Gasteiger partial charge in [0.05, 0.1) is 12.2 Å². The molecule has 0 unspecified atom stereocenters. The topological polar surface area (TPSA) is 103 Å². The molecule has 0 saturated heterocycles. The number of hydrogen-bond acceptors (Lipinski definition) is 6. The molecule has 5 rings (SSSR count). The summed E-state index contributed by atoms with van der Waals surface area (Å²) < 4.78 is 17.2. The summed E-state index contributed by atoms with van der Waals surface area (Å²) in [6, 6.07) is 9.33. The molecule has 0 spiro atoms. The molecule has 4 saturated carbocycles. The average Bonchev–Trinajstić information content (AvgIpc) is 3.34. The third-order valence-electron chi connectivity index (χ3n) is 11.7. The highest BCUT2D eigenvalue weighted by Gasteiger charge is 2.61. The third-order valence-corrected chi connectivity index (χ3v) is 11.7. The van der Waals surface area contributed by atoms with Gasteiger partial charge in [-0.2, -0.15) is 0 Å². The molecule has 0 aromatic heterocycles. The van der Waals surface area contributed by atoms with Crippen LogP contribution in [0, 0.1) is 40.4 Å². The van der Waals surface area contributed by atoms with Gasteiger partial charge in [0.2, 0.25) is 0 Å². The predicted molar refractivity (Wildman–Crippen MR) is 155 cm³/mol. The number of nitrogens with one attached hydrogen (secondary N) is 2. The van der Waals surface area contributed by atoms with Crippen LogP contribution >= 0.6 is 0 Å². The van der Waals surface area contributed by atoms with Crippen LogP contribution in [-0.4, -0.2) is 51.1 Å². The highest BCUT2D eigenvalue weighted by atomic mass is 16.6. The van der Waals surface area contributed by atoms with Crippen LogP contribution in [0.1, 0.15) is 88.4 Å². The Bertz CT molecular complexity index is 1100. The Kier molecular flexibility index (Phi) is 8.86. The van der Waals surface area contributed by atoms with Gasteiger partial charge in [-0.3, -0.25) is 0 Å². The lowest BCUT2D eigenvalue weighted by molar-refractivity contribution is -0.134. The standard InChI is InChI=1S/C33H48N2O6/c1-32-17-14-23(40-29(36)21-8-6-5-7-9-21)20-22(32)10-11-24-25-12-13-27(33(25,2)18-15-26(24)32)28(41-31(38)35-4)16-19-39-30(37)34-3/h5-9,22-28H,10-20H2,1-4H3,(H,34,37)(H,35,38)/t22-,23-,24-,25-,26-,27+,28+,32-,33-/m0/s1. The maximum atomic E-state index is 12.7. The number of amides is 2. The van der Waals surface area contributed by atoms with Crippen LogP contribution < -0.4 is 10.6 Å². The van der Waals surface area contributed by atoms with Gasteiger partial charge in [0.15, 0.2) is 0 Å². The summed E-state index contributed by atoms with van der Waals surface area (Å²) in [5.74, 6) is 2.59. The second-order valence-electron chi connectivity index (χ2n) is 13.4. The number of hydrogen-bond donors (Lipinski definition) is 2. The molecule has 0 heterocycles. The minimum Gasteiger partial charge on any atom is -0.459 e. The fraction of sp³-hybridized carbons (Fsp3) is 0.727. The molecule has 9 atom stereocenters. The largest absolute Gasteiger partial charge is 0.459 e. The lowest BCUT2D eigenvalue weighted by Gasteiger charge is -2.61. The highest BCUT2D eigenvalue weighted by Crippen LogP contribution is 2.68. The van der Waals surface area contributed by atoms with Crippen molar-refractivity contribution in [3.63, 3.8) is 0 Å². The summed E-state index contributed by atoms with van der Waals surface area (Å²) in [4.78, 5) is 36.7. The number of alkyl carbamates (subject to hydrolysis) is 2. The minimum atomic E-state index is -0.464. The van der Waals surface area contributed by atoms with E-state index in [4.69, 9.17) is 14.2 Å². The second-order valence-corrected chi connectivity index (χ2v) is 13.4. The number of ether oxygens (including phenoxy) is 3. The van der Waals surface area contributed by atoms with Crippen molar-refractivity contribution < 1.29 is 28.6 Å². The van der Waals surface area contributed by atoms with E-state index in [1.165, 1.54) is 19.3 Å². The molecule has 0 aliphatic heterocycles. The normalized spacial score (nSPS) is 36.5. The van der Waals surface area contributed by atoms with Gasteiger partial charge in [-0.15, -0.1) is 0 Å². The quantitative estimate of drug-likeness (QED) is 0.294. The predicted octanol–water partition coefficient (Wildman–Crippen LogP) is 6.34. The van der Waals surface area contributed by atoms with E-state index in [2.05, 4.69) is 24.5 Å². The van der Waals surface area contributed by atoms with Crippen LogP contribution in [0.5, 0.6) is 0 Å². The van der Waals surface area contributed by atoms with E-state index >= 15 is 0 Å². The van der Waals surface area contributed by atoms with Crippen molar-refractivity contribution in [3.05, 3.63) is 35.9 Å². The second kappa shape index (κ2) is 12.2. The van der Waals surface area contributed by atoms with Gasteiger partial charge in [-0.1, -0.05) is 32.0 Å². The first-order valence-electron chi connectivity index (χ1n) is 15.7. The SMILES string of the molecule is CNC(=O)OCC[C@@H](OC(=O)NC)[C@H]1CC[C@H]2[C@@H]3CC[C@H]4C[C@@H](OC(=O)c5ccccc5)CC[C@]4(C)[C@H]3CC[C@]12C. The first-order valence-corrected chi connectivity index (χ1v) is 15.7. The molecule has 2 amide bonds. The van der Waals surface area contributed by atoms with Crippen LogP contribution in [0.2, 0.25) is 0 Å². The van der Waals surface area contributed by atoms with Crippen LogP contribution in [0.4, 0.5) is 9.59 Å². The molecule has 8 nitrogen and oxygen atoms in total. The van der Waals surface area contributed by atoms with E-state index in [-0.39, 0.29) is 41.5 Å². The number of fused-ring (bicyclic) bond motifs is 5. The number of rotatable bonds is 7. The Morgan fingerprint density at radius 3 is 2.32 bits per heavy atom. The fourth-order valence-electron chi connectivity index (χ4n) is 9.65. The van der Waals surface area contributed by atoms with Gasteiger partial charge in [0.25, 0.3) is 0 Å². The number of carbonyl (C=O) groups excluding carboxylic acids is 3. The highest BCUT2D eigenvalue weighted by molar-refractivity contribution is 5.89. The first-order chi connectivity index (χ1) is 19.7. The molecule has 1 aromatic rings. The van der Waals surface area contributed by atoms with E-state index in [0.717, 1.165) is 38.5 Å². The molecule has 2 N–H and O–H groups in total. The maximum Gasteiger partial charge on any atom is 0.407 e. The Balaban J connectivity index is 1.25. The maximum absolute atomic E-state index is 12.7. The van der Waals surface area contributed by atoms with Gasteiger partial charge in [0.1, 0.15) is 12.2 Å². The average molecular weight is 569 g/mol. The van der Waals surface area contributed by atoms with E-state index in [1.54, 1.807) is 14.1 Å². The van der Waals surface area contributed by atoms with Gasteiger partial charge in [-0.05, 0) is 104 Å². The Morgan fingerprint density at radius 1 is 0.878 bits per heavy atom. The lowest BCUT2D eigenvalue weighted by atomic mass is 9.44. The van der Waals surface area contributed by atoms with Gasteiger partial charge < -0.3 is 24.8 Å². The fourth-order valence-corrected chi connectivity index (χ4v) is 9.65. The van der Waals surface area contributed by atoms with Crippen molar-refractivity contribution >= 4 is 18.2 Å². The van der Waals surface area contributed by atoms with E-state index < -0.39 is 12.2 Å². The molecular formula is C33H48N2O6. The zero-order valence-corrected chi connectivity index (χ0v) is 25.2. The Hall–Kier alpha value is -2.77. The summed E-state index contributed by atoms with van der Waals surface area (Å²) in [5, 5.41) is 5.09. The van der Waals surface area contributed by atoms with Crippen molar-refractivity contribution in [1.82, 2.24) is 10.6 Å². The third kappa shape index (κ3) is 5.80. The molecule has 4 fully saturated rings. The molecule has 0 bridgehead atoms. The van der Waals surface area contributed by atoms with Gasteiger partial charge in [0, 0.05) is 26.4 Å². The van der Waals surface area contributed by atoms with Crippen LogP contribution in [-0.2, 0) is 14.2 Å². The molecular weight excluding hydrogens is 520 g/mol. The molecule has 41 heavy (non-hydrogen) atoms. The van der Waals surface area contributed by atoms with Gasteiger partial charge in [-0.25, -0.2) is 14.4 Å². The summed E-state index contributed by atoms with van der Waals surface area (Å²) in [6.07, 6.45) is 9.26. The van der Waals surface area contributed by atoms with Crippen molar-refractivity contribution in [2.45, 2.75) is 90.3 Å². The summed E-state index contributed by atoms with van der Waals surface area (Å²) in [6.45, 7) is 5.17. The summed E-state index contributed by atoms with van der Waals surface area (Å²) >= 11 is 0. The van der Waals surface area contributed by atoms with Crippen molar-refractivity contribution in [2.75, 3.05) is 20.7 Å². The van der Waals surface area contributed by atoms with Crippen molar-refractivity contribution in [3.8, 4) is 0 Å². The Morgan fingerprint density at radius 2 is 1.59 bits per heavy atom. The molecule has 8 heteroatoms. The molecule has 226 valence electrons. The van der Waals surface area contributed by atoms with Crippen molar-refractivity contribution in [2.24, 2.45) is 40.4 Å².